The second-order valence-electron chi connectivity index (χ2n) is 6.33. The first-order chi connectivity index (χ1) is 9.45. The molecule has 0 N–H and O–H groups in total. The number of rotatable bonds is 3. The lowest BCUT2D eigenvalue weighted by Crippen LogP contribution is -2.23. The highest BCUT2D eigenvalue weighted by molar-refractivity contribution is 8.18. The molecule has 0 nitrogen and oxygen atoms in total. The molecule has 0 heterocycles. The van der Waals surface area contributed by atoms with Crippen LogP contribution < -0.4 is 0 Å². The molecule has 106 valence electrons. The minimum absolute atomic E-state index is 0.108. The molecule has 0 spiro atoms. The van der Waals surface area contributed by atoms with Crippen molar-refractivity contribution in [3.8, 4) is 0 Å². The van der Waals surface area contributed by atoms with E-state index in [9.17, 15) is 0 Å². The van der Waals surface area contributed by atoms with Crippen LogP contribution in [-0.4, -0.2) is 10.5 Å². The van der Waals surface area contributed by atoms with Gasteiger partial charge in [0, 0.05) is 0 Å². The number of hydrogen-bond donors (Lipinski definition) is 1. The van der Waals surface area contributed by atoms with Gasteiger partial charge in [0.15, 0.2) is 0 Å². The lowest BCUT2D eigenvalue weighted by atomic mass is 10.00. The van der Waals surface area contributed by atoms with Gasteiger partial charge in [-0.05, 0) is 41.1 Å². The molecule has 0 saturated heterocycles. The zero-order chi connectivity index (χ0) is 12.9. The molecule has 19 heavy (non-hydrogen) atoms. The van der Waals surface area contributed by atoms with E-state index in [2.05, 4.69) is 30.3 Å². The van der Waals surface area contributed by atoms with E-state index in [4.69, 9.17) is 0 Å². The molecule has 1 aromatic carbocycles. The van der Waals surface area contributed by atoms with Crippen molar-refractivity contribution < 1.29 is 0 Å². The summed E-state index contributed by atoms with van der Waals surface area (Å²) in [5.41, 5.74) is 0. The van der Waals surface area contributed by atoms with Crippen LogP contribution in [0.15, 0.2) is 35.2 Å². The Bertz CT molecular complexity index is 343. The Hall–Kier alpha value is -0.430. The molecule has 2 aliphatic carbocycles. The SMILES string of the molecule is c1ccc([SH](C2CCCCC2)C2CCCCC2)cc1. The minimum atomic E-state index is 0.108. The summed E-state index contributed by atoms with van der Waals surface area (Å²) in [5.74, 6) is 0. The van der Waals surface area contributed by atoms with E-state index in [0.717, 1.165) is 10.5 Å². The third-order valence-electron chi connectivity index (χ3n) is 4.99. The number of benzene rings is 1. The van der Waals surface area contributed by atoms with E-state index >= 15 is 0 Å². The van der Waals surface area contributed by atoms with Crippen LogP contribution in [0, 0.1) is 0 Å². The summed E-state index contributed by atoms with van der Waals surface area (Å²) in [5, 5.41) is 2.07. The van der Waals surface area contributed by atoms with Crippen LogP contribution in [0.1, 0.15) is 64.2 Å². The fourth-order valence-corrected chi connectivity index (χ4v) is 7.84. The zero-order valence-electron chi connectivity index (χ0n) is 12.1. The van der Waals surface area contributed by atoms with E-state index in [1.165, 1.54) is 64.2 Å². The molecule has 2 aliphatic rings. The standard InChI is InChI=1S/C18H28S/c1-4-10-16(11-5-1)19(17-12-6-2-7-13-17)18-14-8-3-9-15-18/h1,4-5,10-11,17-19H,2-3,6-9,12-15H2. The van der Waals surface area contributed by atoms with Crippen LogP contribution >= 0.6 is 10.9 Å². The topological polar surface area (TPSA) is 0 Å². The van der Waals surface area contributed by atoms with Crippen molar-refractivity contribution in [2.24, 2.45) is 0 Å². The Morgan fingerprint density at radius 2 is 1.11 bits per heavy atom. The zero-order valence-corrected chi connectivity index (χ0v) is 13.0. The van der Waals surface area contributed by atoms with E-state index in [-0.39, 0.29) is 10.9 Å². The molecule has 0 radical (unpaired) electrons. The smallest absolute Gasteiger partial charge is 0.00960 e. The summed E-state index contributed by atoms with van der Waals surface area (Å²) in [4.78, 5) is 1.70. The third kappa shape index (κ3) is 3.37. The molecule has 0 unspecified atom stereocenters. The van der Waals surface area contributed by atoms with Crippen molar-refractivity contribution in [3.63, 3.8) is 0 Å². The van der Waals surface area contributed by atoms with Crippen molar-refractivity contribution in [1.82, 2.24) is 0 Å². The van der Waals surface area contributed by atoms with Crippen LogP contribution in [0.3, 0.4) is 0 Å². The fourth-order valence-electron chi connectivity index (χ4n) is 4.04. The van der Waals surface area contributed by atoms with E-state index < -0.39 is 0 Å². The van der Waals surface area contributed by atoms with Crippen LogP contribution in [0.2, 0.25) is 0 Å². The molecule has 0 amide bonds. The van der Waals surface area contributed by atoms with Gasteiger partial charge in [-0.3, -0.25) is 0 Å². The summed E-state index contributed by atoms with van der Waals surface area (Å²) in [6.45, 7) is 0. The highest BCUT2D eigenvalue weighted by Gasteiger charge is 2.29. The third-order valence-corrected chi connectivity index (χ3v) is 8.49. The Balaban J connectivity index is 1.81. The molecule has 0 aromatic heterocycles. The first-order valence-electron chi connectivity index (χ1n) is 8.28. The van der Waals surface area contributed by atoms with Gasteiger partial charge in [-0.2, -0.15) is 0 Å². The average molecular weight is 276 g/mol. The quantitative estimate of drug-likeness (QED) is 0.671. The van der Waals surface area contributed by atoms with Crippen molar-refractivity contribution in [3.05, 3.63) is 30.3 Å². The molecule has 2 saturated carbocycles. The maximum Gasteiger partial charge on any atom is -0.00960 e. The van der Waals surface area contributed by atoms with Gasteiger partial charge in [-0.15, -0.1) is 0 Å². The number of hydrogen-bond acceptors (Lipinski definition) is 0. The Kier molecular flexibility index (Phi) is 4.87. The van der Waals surface area contributed by atoms with Crippen molar-refractivity contribution in [2.45, 2.75) is 79.6 Å². The van der Waals surface area contributed by atoms with Crippen LogP contribution in [-0.2, 0) is 0 Å². The van der Waals surface area contributed by atoms with Gasteiger partial charge in [-0.1, -0.05) is 68.9 Å². The van der Waals surface area contributed by atoms with E-state index in [1.807, 2.05) is 0 Å². The molecular weight excluding hydrogens is 248 g/mol. The van der Waals surface area contributed by atoms with Crippen molar-refractivity contribution in [1.29, 1.82) is 0 Å². The lowest BCUT2D eigenvalue weighted by Gasteiger charge is -2.41. The Labute approximate surface area is 121 Å². The Morgan fingerprint density at radius 1 is 0.632 bits per heavy atom. The van der Waals surface area contributed by atoms with Crippen LogP contribution in [0.25, 0.3) is 0 Å². The molecule has 0 atom stereocenters. The maximum absolute atomic E-state index is 2.43. The van der Waals surface area contributed by atoms with Crippen molar-refractivity contribution in [2.75, 3.05) is 0 Å². The molecule has 0 aliphatic heterocycles. The summed E-state index contributed by atoms with van der Waals surface area (Å²) < 4.78 is 0. The highest BCUT2D eigenvalue weighted by Crippen LogP contribution is 2.53. The Morgan fingerprint density at radius 3 is 1.58 bits per heavy atom. The normalized spacial score (nSPS) is 23.3. The predicted octanol–water partition coefficient (Wildman–Crippen LogP) is 5.71. The van der Waals surface area contributed by atoms with Gasteiger partial charge in [0.1, 0.15) is 0 Å². The molecule has 1 heteroatoms. The molecule has 0 bridgehead atoms. The van der Waals surface area contributed by atoms with E-state index in [0.29, 0.717) is 0 Å². The molecular formula is C18H28S. The first-order valence-corrected chi connectivity index (χ1v) is 9.76. The first kappa shape index (κ1) is 13.5. The van der Waals surface area contributed by atoms with Gasteiger partial charge in [0.05, 0.1) is 0 Å². The van der Waals surface area contributed by atoms with E-state index in [1.54, 1.807) is 4.90 Å². The summed E-state index contributed by atoms with van der Waals surface area (Å²) in [7, 11) is 0.108. The van der Waals surface area contributed by atoms with Crippen LogP contribution in [0.4, 0.5) is 0 Å². The van der Waals surface area contributed by atoms with Gasteiger partial charge in [0.2, 0.25) is 0 Å². The predicted molar refractivity (Wildman–Crippen MR) is 87.4 cm³/mol. The average Bonchev–Trinajstić information content (AvgIpc) is 2.51. The van der Waals surface area contributed by atoms with Gasteiger partial charge >= 0.3 is 0 Å². The van der Waals surface area contributed by atoms with Crippen molar-refractivity contribution >= 4 is 10.9 Å². The molecule has 2 fully saturated rings. The minimum Gasteiger partial charge on any atom is -0.221 e. The monoisotopic (exact) mass is 276 g/mol. The van der Waals surface area contributed by atoms with Gasteiger partial charge in [-0.25, -0.2) is 10.9 Å². The fraction of sp³-hybridized carbons (Fsp3) is 0.667. The summed E-state index contributed by atoms with van der Waals surface area (Å²) >= 11 is 0. The highest BCUT2D eigenvalue weighted by atomic mass is 32.2. The molecule has 1 aromatic rings. The summed E-state index contributed by atoms with van der Waals surface area (Å²) in [6.07, 6.45) is 15.0. The summed E-state index contributed by atoms with van der Waals surface area (Å²) in [6, 6.07) is 11.6. The van der Waals surface area contributed by atoms with Crippen LogP contribution in [0.5, 0.6) is 0 Å². The lowest BCUT2D eigenvalue weighted by molar-refractivity contribution is 0.490. The second-order valence-corrected chi connectivity index (χ2v) is 9.12. The largest absolute Gasteiger partial charge is 0.221 e. The number of thiol groups is 1. The van der Waals surface area contributed by atoms with Gasteiger partial charge < -0.3 is 0 Å². The molecule has 3 rings (SSSR count). The maximum atomic E-state index is 2.43. The van der Waals surface area contributed by atoms with Gasteiger partial charge in [0.25, 0.3) is 0 Å². The second kappa shape index (κ2) is 6.83.